The Hall–Kier alpha value is -0.290. The van der Waals surface area contributed by atoms with Gasteiger partial charge in [0, 0.05) is 0 Å². The molecule has 18 atom stereocenters. The predicted octanol–water partition coefficient (Wildman–Crippen LogP) is -7.60. The Labute approximate surface area is 258 Å². The van der Waals surface area contributed by atoms with Crippen LogP contribution in [0.2, 0.25) is 0 Å². The standard InChI is InChI=1S/C24H42INO18/c1-6-25(26-8-2-7(3-27)11(30)13(32)12(8)31)21(38)18(37)24(40-6)44-20-10(5-29)42-23(17(36)15(20)34)43-19-9(4-28)41-22(39)16(35)14(19)33/h2,6,8-24,26-39H,3-5H2,1H3/t6?,8-,9+,10?,11+,12-,13-,14?,15?,16?,17?,18?,19+,20+,21-,22+,23+,24+/m0/s1. The van der Waals surface area contributed by atoms with E-state index in [0.717, 1.165) is 0 Å². The van der Waals surface area contributed by atoms with Crippen molar-refractivity contribution in [1.82, 2.24) is 3.53 Å². The summed E-state index contributed by atoms with van der Waals surface area (Å²) in [6.45, 7) is -0.652. The summed E-state index contributed by atoms with van der Waals surface area (Å²) in [5, 5.41) is 133. The zero-order valence-corrected chi connectivity index (χ0v) is 25.5. The van der Waals surface area contributed by atoms with Gasteiger partial charge in [0.1, 0.15) is 0 Å². The molecular formula is C24H42INO18. The van der Waals surface area contributed by atoms with Crippen LogP contribution in [-0.4, -0.2) is 193 Å². The summed E-state index contributed by atoms with van der Waals surface area (Å²) < 4.78 is 28.2. The predicted molar refractivity (Wildman–Crippen MR) is 148 cm³/mol. The maximum atomic E-state index is 11.0. The van der Waals surface area contributed by atoms with Gasteiger partial charge in [-0.2, -0.15) is 0 Å². The van der Waals surface area contributed by atoms with Crippen molar-refractivity contribution < 1.29 is 90.1 Å². The number of nitrogens with one attached hydrogen (secondary N) is 1. The Kier molecular flexibility index (Phi) is 12.7. The van der Waals surface area contributed by atoms with Gasteiger partial charge >= 0.3 is 237 Å². The molecule has 3 fully saturated rings. The zero-order valence-electron chi connectivity index (χ0n) is 23.3. The van der Waals surface area contributed by atoms with E-state index in [1.54, 1.807) is 0 Å². The van der Waals surface area contributed by atoms with Crippen LogP contribution >= 0.6 is 20.1 Å². The molecule has 0 bridgehead atoms. The summed E-state index contributed by atoms with van der Waals surface area (Å²) in [6, 6.07) is -1.01. The molecular weight excluding hydrogens is 717 g/mol. The average Bonchev–Trinajstić information content (AvgIpc) is 3.00. The van der Waals surface area contributed by atoms with Crippen molar-refractivity contribution in [1.29, 1.82) is 0 Å². The van der Waals surface area contributed by atoms with Crippen LogP contribution in [0.5, 0.6) is 0 Å². The molecule has 19 nitrogen and oxygen atoms in total. The molecule has 3 aliphatic heterocycles. The zero-order chi connectivity index (χ0) is 32.6. The molecule has 0 aromatic carbocycles. The fourth-order valence-electron chi connectivity index (χ4n) is 5.35. The molecule has 0 saturated carbocycles. The topological polar surface area (TPSA) is 321 Å². The third-order valence-electron chi connectivity index (χ3n) is 7.95. The molecule has 1 aliphatic carbocycles. The molecule has 4 rings (SSSR count). The van der Waals surface area contributed by atoms with E-state index < -0.39 is 146 Å². The van der Waals surface area contributed by atoms with Gasteiger partial charge < -0.3 is 15.3 Å². The molecule has 14 N–H and O–H groups in total. The van der Waals surface area contributed by atoms with Crippen LogP contribution in [0, 0.1) is 0 Å². The Bertz CT molecular complexity index is 964. The van der Waals surface area contributed by atoms with E-state index in [2.05, 4.69) is 3.53 Å². The van der Waals surface area contributed by atoms with E-state index in [1.165, 1.54) is 13.0 Å². The Morgan fingerprint density at radius 1 is 0.682 bits per heavy atom. The summed E-state index contributed by atoms with van der Waals surface area (Å²) in [5.74, 6) is 0. The average molecular weight is 759 g/mol. The second-order valence-electron chi connectivity index (χ2n) is 10.9. The summed E-state index contributed by atoms with van der Waals surface area (Å²) >= 11 is -3.02. The molecule has 0 amide bonds. The second-order valence-corrected chi connectivity index (χ2v) is 16.5. The monoisotopic (exact) mass is 759 g/mol. The minimum atomic E-state index is -3.02. The van der Waals surface area contributed by atoms with Gasteiger partial charge in [-0.1, -0.05) is 0 Å². The van der Waals surface area contributed by atoms with Crippen LogP contribution in [-0.2, 0) is 23.7 Å². The van der Waals surface area contributed by atoms with Crippen molar-refractivity contribution in [3.8, 4) is 0 Å². The van der Waals surface area contributed by atoms with Crippen molar-refractivity contribution >= 4 is 20.1 Å². The van der Waals surface area contributed by atoms with Gasteiger partial charge in [-0.3, -0.25) is 0 Å². The Balaban J connectivity index is 1.42. The van der Waals surface area contributed by atoms with Crippen molar-refractivity contribution in [3.63, 3.8) is 0 Å². The summed E-state index contributed by atoms with van der Waals surface area (Å²) in [6.07, 6.45) is -23.7. The van der Waals surface area contributed by atoms with Gasteiger partial charge in [-0.05, 0) is 0 Å². The molecule has 0 radical (unpaired) electrons. The maximum absolute atomic E-state index is 11.0. The third kappa shape index (κ3) is 7.24. The molecule has 7 unspecified atom stereocenters. The number of halogens is 1. The summed E-state index contributed by atoms with van der Waals surface area (Å²) in [5.41, 5.74) is 0.0475. The van der Waals surface area contributed by atoms with Gasteiger partial charge in [0.15, 0.2) is 6.29 Å². The van der Waals surface area contributed by atoms with Crippen LogP contribution in [0.3, 0.4) is 0 Å². The van der Waals surface area contributed by atoms with Gasteiger partial charge in [0.25, 0.3) is 0 Å². The first-order valence-corrected chi connectivity index (χ1v) is 17.4. The van der Waals surface area contributed by atoms with Crippen LogP contribution in [0.25, 0.3) is 0 Å². The Morgan fingerprint density at radius 3 is 1.80 bits per heavy atom. The molecule has 0 aromatic rings. The van der Waals surface area contributed by atoms with Crippen molar-refractivity contribution in [2.75, 3.05) is 19.8 Å². The molecule has 20 heteroatoms. The first kappa shape index (κ1) is 36.5. The summed E-state index contributed by atoms with van der Waals surface area (Å²) in [7, 11) is 0. The van der Waals surface area contributed by atoms with Gasteiger partial charge in [0.2, 0.25) is 0 Å². The van der Waals surface area contributed by atoms with E-state index in [0.29, 0.717) is 0 Å². The van der Waals surface area contributed by atoms with Crippen LogP contribution in [0.15, 0.2) is 11.6 Å². The minimum absolute atomic E-state index is 0.0475. The fourth-order valence-corrected chi connectivity index (χ4v) is 10.4. The number of aliphatic hydroxyl groups excluding tert-OH is 13. The first-order valence-electron chi connectivity index (χ1n) is 13.8. The van der Waals surface area contributed by atoms with Gasteiger partial charge in [-0.25, -0.2) is 0 Å². The van der Waals surface area contributed by atoms with Crippen molar-refractivity contribution in [2.45, 2.75) is 113 Å². The molecule has 0 aromatic heterocycles. The number of hydrogen-bond donors (Lipinski definition) is 14. The van der Waals surface area contributed by atoms with Gasteiger partial charge in [0.05, 0.1) is 0 Å². The van der Waals surface area contributed by atoms with Crippen LogP contribution in [0.1, 0.15) is 6.92 Å². The normalized spacial score (nSPS) is 51.2. The van der Waals surface area contributed by atoms with Crippen LogP contribution in [0.4, 0.5) is 0 Å². The van der Waals surface area contributed by atoms with E-state index in [9.17, 15) is 66.4 Å². The number of rotatable bonds is 9. The first-order chi connectivity index (χ1) is 20.7. The fraction of sp³-hybridized carbons (Fsp3) is 0.917. The van der Waals surface area contributed by atoms with Gasteiger partial charge in [-0.15, -0.1) is 0 Å². The van der Waals surface area contributed by atoms with E-state index >= 15 is 0 Å². The Morgan fingerprint density at radius 2 is 1.23 bits per heavy atom. The quantitative estimate of drug-likeness (QED) is 0.0449. The number of aliphatic hydroxyl groups is 13. The molecule has 0 spiro atoms. The van der Waals surface area contributed by atoms with Crippen molar-refractivity contribution in [3.05, 3.63) is 11.6 Å². The summed E-state index contributed by atoms with van der Waals surface area (Å²) in [4.78, 5) is 0. The van der Waals surface area contributed by atoms with Crippen molar-refractivity contribution in [2.24, 2.45) is 0 Å². The van der Waals surface area contributed by atoms with E-state index in [4.69, 9.17) is 23.7 Å². The van der Waals surface area contributed by atoms with E-state index in [1.807, 2.05) is 0 Å². The number of alkyl halides is 2. The second kappa shape index (κ2) is 15.3. The molecule has 44 heavy (non-hydrogen) atoms. The van der Waals surface area contributed by atoms with Crippen LogP contribution < -0.4 is 3.53 Å². The SMILES string of the molecule is CC1O[C@H](O[C@@H]2C(CO)O[C@H](O[C@H]3C(O)C(O)[C@H](O)O[C@@H]3CO)C(O)C2O)C(O)[C@H](O)I1N[C@H]1C=C(CO)[C@@H](O)[C@H](O)[C@H]1O. The molecule has 3 saturated heterocycles. The van der Waals surface area contributed by atoms with E-state index in [-0.39, 0.29) is 5.57 Å². The molecule has 3 heterocycles. The molecule has 4 aliphatic rings. The number of hydrogen-bond acceptors (Lipinski definition) is 19. The third-order valence-corrected chi connectivity index (χ3v) is 13.7. The molecule has 258 valence electrons. The number of ether oxygens (including phenoxy) is 5.